The van der Waals surface area contributed by atoms with Gasteiger partial charge in [0.05, 0.1) is 12.8 Å². The van der Waals surface area contributed by atoms with E-state index in [0.29, 0.717) is 13.2 Å². The van der Waals surface area contributed by atoms with Crippen molar-refractivity contribution in [3.05, 3.63) is 23.6 Å². The van der Waals surface area contributed by atoms with Crippen molar-refractivity contribution in [3.8, 4) is 0 Å². The zero-order chi connectivity index (χ0) is 12.1. The SMILES string of the molecule is CNCc1cc(F)cnc1N1CCCOCC1. The summed E-state index contributed by atoms with van der Waals surface area (Å²) in [6, 6.07) is 1.55. The molecule has 0 bridgehead atoms. The van der Waals surface area contributed by atoms with Crippen LogP contribution in [-0.2, 0) is 11.3 Å². The van der Waals surface area contributed by atoms with Crippen LogP contribution in [0, 0.1) is 5.82 Å². The van der Waals surface area contributed by atoms with E-state index in [0.717, 1.165) is 37.5 Å². The molecule has 1 aromatic heterocycles. The lowest BCUT2D eigenvalue weighted by Gasteiger charge is -2.23. The molecule has 4 nitrogen and oxygen atoms in total. The fourth-order valence-electron chi connectivity index (χ4n) is 2.04. The van der Waals surface area contributed by atoms with Gasteiger partial charge in [-0.3, -0.25) is 0 Å². The molecule has 0 saturated carbocycles. The molecule has 2 heterocycles. The van der Waals surface area contributed by atoms with E-state index in [-0.39, 0.29) is 5.82 Å². The molecule has 5 heteroatoms. The maximum Gasteiger partial charge on any atom is 0.141 e. The second kappa shape index (κ2) is 5.93. The van der Waals surface area contributed by atoms with E-state index in [1.807, 2.05) is 7.05 Å². The van der Waals surface area contributed by atoms with Gasteiger partial charge in [0.2, 0.25) is 0 Å². The van der Waals surface area contributed by atoms with Gasteiger partial charge in [0.15, 0.2) is 0 Å². The Labute approximate surface area is 101 Å². The number of anilines is 1. The summed E-state index contributed by atoms with van der Waals surface area (Å²) < 4.78 is 18.6. The van der Waals surface area contributed by atoms with Crippen molar-refractivity contribution in [2.75, 3.05) is 38.3 Å². The van der Waals surface area contributed by atoms with Crippen LogP contribution in [0.2, 0.25) is 0 Å². The van der Waals surface area contributed by atoms with Crippen molar-refractivity contribution in [1.82, 2.24) is 10.3 Å². The van der Waals surface area contributed by atoms with Crippen molar-refractivity contribution < 1.29 is 9.13 Å². The van der Waals surface area contributed by atoms with Crippen LogP contribution in [0.15, 0.2) is 12.3 Å². The zero-order valence-corrected chi connectivity index (χ0v) is 10.1. The Morgan fingerprint density at radius 3 is 3.18 bits per heavy atom. The lowest BCUT2D eigenvalue weighted by Crippen LogP contribution is -2.28. The third-order valence-electron chi connectivity index (χ3n) is 2.80. The topological polar surface area (TPSA) is 37.4 Å². The Bertz CT molecular complexity index is 365. The van der Waals surface area contributed by atoms with Crippen molar-refractivity contribution in [2.45, 2.75) is 13.0 Å². The van der Waals surface area contributed by atoms with Gasteiger partial charge >= 0.3 is 0 Å². The van der Waals surface area contributed by atoms with Gasteiger partial charge in [-0.25, -0.2) is 9.37 Å². The van der Waals surface area contributed by atoms with Crippen LogP contribution in [0.1, 0.15) is 12.0 Å². The second-order valence-electron chi connectivity index (χ2n) is 4.12. The van der Waals surface area contributed by atoms with Gasteiger partial charge in [-0.2, -0.15) is 0 Å². The molecule has 0 amide bonds. The Morgan fingerprint density at radius 1 is 1.47 bits per heavy atom. The van der Waals surface area contributed by atoms with E-state index in [1.165, 1.54) is 6.20 Å². The third kappa shape index (κ3) is 3.14. The van der Waals surface area contributed by atoms with Crippen molar-refractivity contribution in [3.63, 3.8) is 0 Å². The number of aromatic nitrogens is 1. The number of rotatable bonds is 3. The molecular weight excluding hydrogens is 221 g/mol. The Balaban J connectivity index is 2.22. The quantitative estimate of drug-likeness (QED) is 0.859. The first-order valence-electron chi connectivity index (χ1n) is 5.93. The summed E-state index contributed by atoms with van der Waals surface area (Å²) in [4.78, 5) is 6.38. The lowest BCUT2D eigenvalue weighted by atomic mass is 10.2. The lowest BCUT2D eigenvalue weighted by molar-refractivity contribution is 0.152. The molecule has 0 spiro atoms. The number of nitrogens with one attached hydrogen (secondary N) is 1. The summed E-state index contributed by atoms with van der Waals surface area (Å²) in [5, 5.41) is 3.04. The Kier molecular flexibility index (Phi) is 4.28. The predicted octanol–water partition coefficient (Wildman–Crippen LogP) is 1.17. The fourth-order valence-corrected chi connectivity index (χ4v) is 2.04. The van der Waals surface area contributed by atoms with E-state index >= 15 is 0 Å². The molecule has 2 rings (SSSR count). The standard InChI is InChI=1S/C12H18FN3O/c1-14-8-10-7-11(13)9-15-12(10)16-3-2-5-17-6-4-16/h7,9,14H,2-6,8H2,1H3. The highest BCUT2D eigenvalue weighted by molar-refractivity contribution is 5.47. The molecule has 1 aliphatic heterocycles. The summed E-state index contributed by atoms with van der Waals surface area (Å²) in [6.45, 7) is 3.85. The van der Waals surface area contributed by atoms with E-state index in [1.54, 1.807) is 6.07 Å². The van der Waals surface area contributed by atoms with E-state index in [2.05, 4.69) is 15.2 Å². The van der Waals surface area contributed by atoms with Gasteiger partial charge in [-0.05, 0) is 19.5 Å². The van der Waals surface area contributed by atoms with Crippen LogP contribution >= 0.6 is 0 Å². The Hall–Kier alpha value is -1.20. The molecule has 1 aliphatic rings. The van der Waals surface area contributed by atoms with Crippen LogP contribution in [0.25, 0.3) is 0 Å². The molecule has 0 aromatic carbocycles. The molecule has 1 saturated heterocycles. The molecule has 0 unspecified atom stereocenters. The summed E-state index contributed by atoms with van der Waals surface area (Å²) >= 11 is 0. The zero-order valence-electron chi connectivity index (χ0n) is 10.1. The summed E-state index contributed by atoms with van der Waals surface area (Å²) in [5.74, 6) is 0.580. The van der Waals surface area contributed by atoms with Crippen molar-refractivity contribution in [1.29, 1.82) is 0 Å². The minimum Gasteiger partial charge on any atom is -0.380 e. The number of hydrogen-bond donors (Lipinski definition) is 1. The van der Waals surface area contributed by atoms with Crippen molar-refractivity contribution >= 4 is 5.82 Å². The number of nitrogens with zero attached hydrogens (tertiary/aromatic N) is 2. The first-order chi connectivity index (χ1) is 8.31. The van der Waals surface area contributed by atoms with Gasteiger partial charge in [0.25, 0.3) is 0 Å². The van der Waals surface area contributed by atoms with E-state index in [4.69, 9.17) is 4.74 Å². The van der Waals surface area contributed by atoms with Gasteiger partial charge < -0.3 is 15.0 Å². The average Bonchev–Trinajstić information content (AvgIpc) is 2.58. The maximum absolute atomic E-state index is 13.2. The molecule has 0 aliphatic carbocycles. The molecule has 1 N–H and O–H groups in total. The summed E-state index contributed by atoms with van der Waals surface area (Å²) in [7, 11) is 1.85. The number of ether oxygens (including phenoxy) is 1. The van der Waals surface area contributed by atoms with E-state index < -0.39 is 0 Å². The minimum absolute atomic E-state index is 0.287. The van der Waals surface area contributed by atoms with Crippen LogP contribution < -0.4 is 10.2 Å². The third-order valence-corrected chi connectivity index (χ3v) is 2.80. The molecule has 1 aromatic rings. The molecule has 0 atom stereocenters. The number of pyridine rings is 1. The first-order valence-corrected chi connectivity index (χ1v) is 5.93. The van der Waals surface area contributed by atoms with Crippen molar-refractivity contribution in [2.24, 2.45) is 0 Å². The molecule has 17 heavy (non-hydrogen) atoms. The number of halogens is 1. The first kappa shape index (κ1) is 12.3. The normalized spacial score (nSPS) is 16.9. The molecular formula is C12H18FN3O. The van der Waals surface area contributed by atoms with Gasteiger partial charge in [0.1, 0.15) is 11.6 Å². The summed E-state index contributed by atoms with van der Waals surface area (Å²) in [6.07, 6.45) is 2.26. The van der Waals surface area contributed by atoms with Crippen LogP contribution in [0.3, 0.4) is 0 Å². The van der Waals surface area contributed by atoms with Gasteiger partial charge in [-0.15, -0.1) is 0 Å². The van der Waals surface area contributed by atoms with Crippen LogP contribution in [0.5, 0.6) is 0 Å². The van der Waals surface area contributed by atoms with Gasteiger partial charge in [0, 0.05) is 31.8 Å². The fraction of sp³-hybridized carbons (Fsp3) is 0.583. The maximum atomic E-state index is 13.2. The molecule has 0 radical (unpaired) electrons. The monoisotopic (exact) mass is 239 g/mol. The minimum atomic E-state index is -0.287. The summed E-state index contributed by atoms with van der Waals surface area (Å²) in [5.41, 5.74) is 0.898. The smallest absolute Gasteiger partial charge is 0.141 e. The predicted molar refractivity (Wildman–Crippen MR) is 64.6 cm³/mol. The highest BCUT2D eigenvalue weighted by atomic mass is 19.1. The van der Waals surface area contributed by atoms with Gasteiger partial charge in [-0.1, -0.05) is 0 Å². The molecule has 94 valence electrons. The van der Waals surface area contributed by atoms with Crippen LogP contribution in [0.4, 0.5) is 10.2 Å². The van der Waals surface area contributed by atoms with E-state index in [9.17, 15) is 4.39 Å². The van der Waals surface area contributed by atoms with Crippen LogP contribution in [-0.4, -0.2) is 38.3 Å². The average molecular weight is 239 g/mol. The number of hydrogen-bond acceptors (Lipinski definition) is 4. The second-order valence-corrected chi connectivity index (χ2v) is 4.12. The largest absolute Gasteiger partial charge is 0.380 e. The highest BCUT2D eigenvalue weighted by Gasteiger charge is 2.15. The molecule has 1 fully saturated rings. The highest BCUT2D eigenvalue weighted by Crippen LogP contribution is 2.19. The Morgan fingerprint density at radius 2 is 2.35 bits per heavy atom.